The molecule has 23 heavy (non-hydrogen) atoms. The van der Waals surface area contributed by atoms with Crippen LogP contribution in [-0.2, 0) is 6.18 Å². The van der Waals surface area contributed by atoms with E-state index in [1.54, 1.807) is 22.4 Å². The molecule has 3 rings (SSSR count). The van der Waals surface area contributed by atoms with Crippen LogP contribution < -0.4 is 10.6 Å². The van der Waals surface area contributed by atoms with Crippen molar-refractivity contribution in [2.24, 2.45) is 5.73 Å². The number of hydrogen-bond acceptors (Lipinski definition) is 3. The standard InChI is InChI=1S/C16H12F4N2S/c17-12-3-1-2-10(8-12)14-9-23-15(21)22(14)13-6-4-11(5-7-13)16(18,19)20/h1-9,15H,21H2. The highest BCUT2D eigenvalue weighted by molar-refractivity contribution is 8.03. The summed E-state index contributed by atoms with van der Waals surface area (Å²) in [7, 11) is 0. The fourth-order valence-corrected chi connectivity index (χ4v) is 3.22. The zero-order chi connectivity index (χ0) is 16.6. The summed E-state index contributed by atoms with van der Waals surface area (Å²) < 4.78 is 51.4. The number of benzene rings is 2. The Labute approximate surface area is 134 Å². The van der Waals surface area contributed by atoms with Gasteiger partial charge in [-0.1, -0.05) is 23.9 Å². The molecule has 2 N–H and O–H groups in total. The molecule has 0 spiro atoms. The molecule has 1 aliphatic heterocycles. The Morgan fingerprint density at radius 3 is 2.35 bits per heavy atom. The zero-order valence-corrected chi connectivity index (χ0v) is 12.5. The van der Waals surface area contributed by atoms with Gasteiger partial charge >= 0.3 is 6.18 Å². The topological polar surface area (TPSA) is 29.3 Å². The number of nitrogens with two attached hydrogens (primary N) is 1. The van der Waals surface area contributed by atoms with E-state index >= 15 is 0 Å². The molecular formula is C16H12F4N2S. The van der Waals surface area contributed by atoms with Crippen LogP contribution in [0, 0.1) is 5.82 Å². The Balaban J connectivity index is 1.95. The van der Waals surface area contributed by atoms with E-state index in [-0.39, 0.29) is 5.82 Å². The Morgan fingerprint density at radius 2 is 1.74 bits per heavy atom. The van der Waals surface area contributed by atoms with E-state index in [1.807, 2.05) is 0 Å². The number of rotatable bonds is 2. The van der Waals surface area contributed by atoms with Crippen molar-refractivity contribution in [3.05, 3.63) is 70.9 Å². The predicted octanol–water partition coefficient (Wildman–Crippen LogP) is 4.64. The van der Waals surface area contributed by atoms with Crippen molar-refractivity contribution in [3.63, 3.8) is 0 Å². The summed E-state index contributed by atoms with van der Waals surface area (Å²) in [6, 6.07) is 10.7. The Morgan fingerprint density at radius 1 is 1.04 bits per heavy atom. The van der Waals surface area contributed by atoms with Gasteiger partial charge in [0.2, 0.25) is 0 Å². The molecule has 1 heterocycles. The molecule has 0 fully saturated rings. The Bertz CT molecular complexity index is 740. The first-order valence-electron chi connectivity index (χ1n) is 6.70. The minimum absolute atomic E-state index is 0.388. The van der Waals surface area contributed by atoms with E-state index in [4.69, 9.17) is 5.73 Å². The monoisotopic (exact) mass is 340 g/mol. The molecule has 0 aromatic heterocycles. The third-order valence-electron chi connectivity index (χ3n) is 3.43. The first kappa shape index (κ1) is 15.9. The number of halogens is 4. The van der Waals surface area contributed by atoms with Gasteiger partial charge in [-0.15, -0.1) is 0 Å². The third kappa shape index (κ3) is 3.20. The van der Waals surface area contributed by atoms with E-state index in [0.29, 0.717) is 16.9 Å². The van der Waals surface area contributed by atoms with Gasteiger partial charge in [0.1, 0.15) is 11.3 Å². The summed E-state index contributed by atoms with van der Waals surface area (Å²) in [6.07, 6.45) is -4.39. The summed E-state index contributed by atoms with van der Waals surface area (Å²) >= 11 is 1.32. The summed E-state index contributed by atoms with van der Waals surface area (Å²) in [5.41, 5.74) is 6.61. The van der Waals surface area contributed by atoms with E-state index in [2.05, 4.69) is 0 Å². The maximum Gasteiger partial charge on any atom is 0.416 e. The highest BCUT2D eigenvalue weighted by Gasteiger charge is 2.31. The molecule has 0 aliphatic carbocycles. The van der Waals surface area contributed by atoms with Crippen LogP contribution >= 0.6 is 11.8 Å². The van der Waals surface area contributed by atoms with Crippen LogP contribution in [0.2, 0.25) is 0 Å². The molecule has 0 radical (unpaired) electrons. The van der Waals surface area contributed by atoms with Gasteiger partial charge in [-0.05, 0) is 41.8 Å². The van der Waals surface area contributed by atoms with Crippen LogP contribution in [0.1, 0.15) is 11.1 Å². The summed E-state index contributed by atoms with van der Waals surface area (Å²) in [5.74, 6) is -0.388. The highest BCUT2D eigenvalue weighted by atomic mass is 32.2. The van der Waals surface area contributed by atoms with E-state index in [9.17, 15) is 17.6 Å². The zero-order valence-electron chi connectivity index (χ0n) is 11.7. The van der Waals surface area contributed by atoms with Crippen molar-refractivity contribution in [1.29, 1.82) is 0 Å². The highest BCUT2D eigenvalue weighted by Crippen LogP contribution is 2.39. The van der Waals surface area contributed by atoms with Gasteiger partial charge in [0.25, 0.3) is 0 Å². The molecule has 120 valence electrons. The second-order valence-electron chi connectivity index (χ2n) is 4.95. The van der Waals surface area contributed by atoms with Crippen molar-refractivity contribution in [3.8, 4) is 0 Å². The van der Waals surface area contributed by atoms with Gasteiger partial charge in [-0.3, -0.25) is 0 Å². The number of anilines is 1. The number of nitrogens with zero attached hydrogens (tertiary/aromatic N) is 1. The van der Waals surface area contributed by atoms with Crippen molar-refractivity contribution in [2.75, 3.05) is 4.90 Å². The second kappa shape index (κ2) is 5.90. The predicted molar refractivity (Wildman–Crippen MR) is 83.9 cm³/mol. The molecule has 0 bridgehead atoms. The van der Waals surface area contributed by atoms with Crippen LogP contribution in [0.4, 0.5) is 23.2 Å². The maximum absolute atomic E-state index is 13.4. The lowest BCUT2D eigenvalue weighted by Crippen LogP contribution is -2.34. The van der Waals surface area contributed by atoms with E-state index in [1.165, 1.54) is 36.0 Å². The molecular weight excluding hydrogens is 328 g/mol. The fourth-order valence-electron chi connectivity index (χ4n) is 2.34. The molecule has 1 atom stereocenters. The van der Waals surface area contributed by atoms with Gasteiger partial charge in [0.15, 0.2) is 0 Å². The molecule has 0 amide bonds. The average Bonchev–Trinajstić information content (AvgIpc) is 2.88. The van der Waals surface area contributed by atoms with Crippen molar-refractivity contribution in [1.82, 2.24) is 0 Å². The summed E-state index contributed by atoms with van der Waals surface area (Å²) in [4.78, 5) is 1.68. The van der Waals surface area contributed by atoms with Gasteiger partial charge in [-0.25, -0.2) is 4.39 Å². The Hall–Kier alpha value is -1.99. The van der Waals surface area contributed by atoms with Crippen molar-refractivity contribution in [2.45, 2.75) is 11.7 Å². The van der Waals surface area contributed by atoms with Crippen molar-refractivity contribution < 1.29 is 17.6 Å². The Kier molecular flexibility index (Phi) is 4.08. The largest absolute Gasteiger partial charge is 0.416 e. The van der Waals surface area contributed by atoms with E-state index in [0.717, 1.165) is 12.1 Å². The van der Waals surface area contributed by atoms with E-state index < -0.39 is 17.2 Å². The number of hydrogen-bond donors (Lipinski definition) is 1. The quantitative estimate of drug-likeness (QED) is 0.808. The smallest absolute Gasteiger partial charge is 0.315 e. The molecule has 0 saturated heterocycles. The van der Waals surface area contributed by atoms with Crippen LogP contribution in [0.25, 0.3) is 5.70 Å². The van der Waals surface area contributed by atoms with Gasteiger partial charge in [-0.2, -0.15) is 13.2 Å². The number of alkyl halides is 3. The molecule has 1 unspecified atom stereocenters. The molecule has 7 heteroatoms. The van der Waals surface area contributed by atoms with Crippen molar-refractivity contribution >= 4 is 23.1 Å². The third-order valence-corrected chi connectivity index (χ3v) is 4.28. The minimum Gasteiger partial charge on any atom is -0.315 e. The molecule has 2 aromatic carbocycles. The van der Waals surface area contributed by atoms with Crippen LogP contribution in [0.3, 0.4) is 0 Å². The van der Waals surface area contributed by atoms with Gasteiger partial charge in [0, 0.05) is 11.3 Å². The molecule has 1 aliphatic rings. The average molecular weight is 340 g/mol. The van der Waals surface area contributed by atoms with Crippen LogP contribution in [0.15, 0.2) is 53.9 Å². The van der Waals surface area contributed by atoms with Crippen LogP contribution in [0.5, 0.6) is 0 Å². The summed E-state index contributed by atoms with van der Waals surface area (Å²) in [5, 5.41) is 1.77. The lowest BCUT2D eigenvalue weighted by atomic mass is 10.1. The lowest BCUT2D eigenvalue weighted by Gasteiger charge is -2.27. The van der Waals surface area contributed by atoms with Crippen LogP contribution in [-0.4, -0.2) is 5.50 Å². The normalized spacial score (nSPS) is 18.2. The first-order valence-corrected chi connectivity index (χ1v) is 7.64. The molecule has 0 saturated carbocycles. The fraction of sp³-hybridized carbons (Fsp3) is 0.125. The van der Waals surface area contributed by atoms with Gasteiger partial charge < -0.3 is 10.6 Å². The lowest BCUT2D eigenvalue weighted by molar-refractivity contribution is -0.137. The molecule has 2 aromatic rings. The first-order chi connectivity index (χ1) is 10.9. The van der Waals surface area contributed by atoms with Gasteiger partial charge in [0.05, 0.1) is 11.3 Å². The maximum atomic E-state index is 13.4. The molecule has 2 nitrogen and oxygen atoms in total. The number of thioether (sulfide) groups is 1. The minimum atomic E-state index is -4.39. The summed E-state index contributed by atoms with van der Waals surface area (Å²) in [6.45, 7) is 0. The second-order valence-corrected chi connectivity index (χ2v) is 5.95. The SMILES string of the molecule is NC1SC=C(c2cccc(F)c2)N1c1ccc(C(F)(F)F)cc1.